The number of non-ortho nitro benzene ring substituents is 1. The molecule has 0 radical (unpaired) electrons. The van der Waals surface area contributed by atoms with Crippen LogP contribution in [0.2, 0.25) is 0 Å². The third-order valence-corrected chi connectivity index (χ3v) is 6.95. The van der Waals surface area contributed by atoms with Crippen molar-refractivity contribution < 1.29 is 28.7 Å². The van der Waals surface area contributed by atoms with E-state index in [0.29, 0.717) is 24.2 Å². The van der Waals surface area contributed by atoms with Gasteiger partial charge in [0, 0.05) is 38.0 Å². The van der Waals surface area contributed by atoms with Gasteiger partial charge in [0.05, 0.1) is 28.6 Å². The number of carbonyl (C=O) groups is 2. The number of nitrogens with one attached hydrogen (secondary N) is 1. The Labute approximate surface area is 232 Å². The zero-order chi connectivity index (χ0) is 28.6. The summed E-state index contributed by atoms with van der Waals surface area (Å²) < 4.78 is 16.3. The minimum atomic E-state index is -1.03. The molecular formula is C29H34N4O7. The van der Waals surface area contributed by atoms with Crippen molar-refractivity contribution in [3.8, 4) is 0 Å². The lowest BCUT2D eigenvalue weighted by Crippen LogP contribution is -2.42. The minimum Gasteiger partial charge on any atom is -0.460 e. The van der Waals surface area contributed by atoms with Crippen LogP contribution in [0.5, 0.6) is 0 Å². The quantitative estimate of drug-likeness (QED) is 0.196. The van der Waals surface area contributed by atoms with Gasteiger partial charge in [0.15, 0.2) is 0 Å². The molecule has 2 aromatic carbocycles. The molecule has 0 aliphatic carbocycles. The Hall–Kier alpha value is -4.22. The van der Waals surface area contributed by atoms with Gasteiger partial charge in [-0.3, -0.25) is 15.0 Å². The van der Waals surface area contributed by atoms with Crippen LogP contribution in [0.25, 0.3) is 0 Å². The molecule has 0 aromatic heterocycles. The number of nitro groups is 1. The number of rotatable bonds is 10. The predicted octanol–water partition coefficient (Wildman–Crippen LogP) is 3.12. The first kappa shape index (κ1) is 28.8. The molecule has 2 aliphatic heterocycles. The average molecular weight is 551 g/mol. The van der Waals surface area contributed by atoms with Gasteiger partial charge in [-0.25, -0.2) is 9.59 Å². The van der Waals surface area contributed by atoms with E-state index < -0.39 is 22.8 Å². The van der Waals surface area contributed by atoms with Crippen molar-refractivity contribution >= 4 is 17.6 Å². The lowest BCUT2D eigenvalue weighted by Gasteiger charge is -2.34. The largest absolute Gasteiger partial charge is 0.460 e. The van der Waals surface area contributed by atoms with Gasteiger partial charge in [0.2, 0.25) is 0 Å². The molecule has 40 heavy (non-hydrogen) atoms. The Morgan fingerprint density at radius 1 is 1.10 bits per heavy atom. The maximum Gasteiger partial charge on any atom is 0.338 e. The van der Waals surface area contributed by atoms with E-state index in [1.807, 2.05) is 18.2 Å². The van der Waals surface area contributed by atoms with Gasteiger partial charge >= 0.3 is 11.9 Å². The molecule has 1 fully saturated rings. The van der Waals surface area contributed by atoms with E-state index in [-0.39, 0.29) is 42.0 Å². The maximum atomic E-state index is 13.7. The lowest BCUT2D eigenvalue weighted by atomic mass is 9.81. The number of nitrogens with zero attached hydrogens (tertiary/aromatic N) is 2. The molecule has 0 amide bonds. The van der Waals surface area contributed by atoms with E-state index in [2.05, 4.69) is 22.3 Å². The number of hydrogen-bond acceptors (Lipinski definition) is 10. The topological polar surface area (TPSA) is 146 Å². The maximum absolute atomic E-state index is 13.7. The van der Waals surface area contributed by atoms with E-state index in [0.717, 1.165) is 19.5 Å². The van der Waals surface area contributed by atoms with Crippen molar-refractivity contribution in [1.82, 2.24) is 10.2 Å². The smallest absolute Gasteiger partial charge is 0.338 e. The number of nitrogens with two attached hydrogens (primary N) is 1. The Bertz CT molecular complexity index is 1310. The molecule has 0 saturated carbocycles. The van der Waals surface area contributed by atoms with Crippen LogP contribution in [-0.2, 0) is 30.3 Å². The number of likely N-dealkylation sites (tertiary alicyclic amines) is 1. The fourth-order valence-corrected chi connectivity index (χ4v) is 5.11. The molecule has 2 atom stereocenters. The molecule has 2 heterocycles. The van der Waals surface area contributed by atoms with Gasteiger partial charge in [-0.1, -0.05) is 42.5 Å². The van der Waals surface area contributed by atoms with Crippen LogP contribution < -0.4 is 11.1 Å². The normalized spacial score (nSPS) is 19.6. The highest BCUT2D eigenvalue weighted by molar-refractivity contribution is 6.00. The van der Waals surface area contributed by atoms with Crippen molar-refractivity contribution in [3.05, 3.63) is 98.5 Å². The average Bonchev–Trinajstić information content (AvgIpc) is 2.93. The Kier molecular flexibility index (Phi) is 9.52. The molecule has 2 unspecified atom stereocenters. The highest BCUT2D eigenvalue weighted by Gasteiger charge is 2.40. The van der Waals surface area contributed by atoms with Crippen LogP contribution in [0, 0.1) is 10.1 Å². The number of ether oxygens (including phenoxy) is 3. The predicted molar refractivity (Wildman–Crippen MR) is 147 cm³/mol. The number of hydrogen-bond donors (Lipinski definition) is 2. The number of benzene rings is 2. The third-order valence-electron chi connectivity index (χ3n) is 6.95. The summed E-state index contributed by atoms with van der Waals surface area (Å²) in [6.07, 6.45) is 1.14. The first-order chi connectivity index (χ1) is 19.3. The summed E-state index contributed by atoms with van der Waals surface area (Å²) in [5.41, 5.74) is 8.16. The van der Waals surface area contributed by atoms with E-state index in [4.69, 9.17) is 19.9 Å². The first-order valence-electron chi connectivity index (χ1n) is 13.1. The third kappa shape index (κ3) is 6.85. The van der Waals surface area contributed by atoms with Crippen LogP contribution in [0.3, 0.4) is 0 Å². The second-order valence-electron chi connectivity index (χ2n) is 9.80. The van der Waals surface area contributed by atoms with E-state index in [1.165, 1.54) is 30.9 Å². The number of allylic oxidation sites excluding steroid dienone is 1. The molecule has 11 heteroatoms. The number of esters is 2. The van der Waals surface area contributed by atoms with Gasteiger partial charge in [-0.2, -0.15) is 0 Å². The van der Waals surface area contributed by atoms with E-state index in [1.54, 1.807) is 13.0 Å². The SMILES string of the molecule is COCCOC(=O)C1=C(C)NC(N)=C(C(=O)OC2CCCN(Cc3ccccc3)C2)C1c1cccc([N+](=O)[O-])c1. The highest BCUT2D eigenvalue weighted by Crippen LogP contribution is 2.39. The molecule has 2 aliphatic rings. The molecule has 212 valence electrons. The van der Waals surface area contributed by atoms with Crippen molar-refractivity contribution in [3.63, 3.8) is 0 Å². The van der Waals surface area contributed by atoms with Crippen LogP contribution >= 0.6 is 0 Å². The number of dihydropyridines is 1. The molecule has 4 rings (SSSR count). The Morgan fingerprint density at radius 3 is 2.60 bits per heavy atom. The fraction of sp³-hybridized carbons (Fsp3) is 0.379. The monoisotopic (exact) mass is 550 g/mol. The van der Waals surface area contributed by atoms with Gasteiger partial charge in [-0.05, 0) is 37.4 Å². The molecule has 1 saturated heterocycles. The van der Waals surface area contributed by atoms with Gasteiger partial charge in [-0.15, -0.1) is 0 Å². The van der Waals surface area contributed by atoms with Crippen molar-refractivity contribution in [2.75, 3.05) is 33.4 Å². The van der Waals surface area contributed by atoms with Crippen molar-refractivity contribution in [2.24, 2.45) is 5.73 Å². The first-order valence-corrected chi connectivity index (χ1v) is 13.1. The molecule has 11 nitrogen and oxygen atoms in total. The highest BCUT2D eigenvalue weighted by atomic mass is 16.6. The summed E-state index contributed by atoms with van der Waals surface area (Å²) in [6.45, 7) is 3.97. The van der Waals surface area contributed by atoms with Crippen LogP contribution in [-0.4, -0.2) is 61.3 Å². The zero-order valence-electron chi connectivity index (χ0n) is 22.6. The van der Waals surface area contributed by atoms with Crippen molar-refractivity contribution in [2.45, 2.75) is 38.3 Å². The summed E-state index contributed by atoms with van der Waals surface area (Å²) in [6, 6.07) is 15.8. The second kappa shape index (κ2) is 13.2. The van der Waals surface area contributed by atoms with Crippen LogP contribution in [0.1, 0.15) is 36.8 Å². The Morgan fingerprint density at radius 2 is 1.88 bits per heavy atom. The zero-order valence-corrected chi connectivity index (χ0v) is 22.6. The molecule has 2 aromatic rings. The fourth-order valence-electron chi connectivity index (χ4n) is 5.11. The second-order valence-corrected chi connectivity index (χ2v) is 9.80. The van der Waals surface area contributed by atoms with Crippen molar-refractivity contribution in [1.29, 1.82) is 0 Å². The molecule has 3 N–H and O–H groups in total. The van der Waals surface area contributed by atoms with Crippen LogP contribution in [0.15, 0.2) is 77.3 Å². The molecule has 0 spiro atoms. The lowest BCUT2D eigenvalue weighted by molar-refractivity contribution is -0.384. The summed E-state index contributed by atoms with van der Waals surface area (Å²) in [7, 11) is 1.48. The van der Waals surface area contributed by atoms with Crippen LogP contribution in [0.4, 0.5) is 5.69 Å². The number of nitro benzene ring substituents is 1. The summed E-state index contributed by atoms with van der Waals surface area (Å²) in [5, 5.41) is 14.4. The van der Waals surface area contributed by atoms with E-state index in [9.17, 15) is 19.7 Å². The van der Waals surface area contributed by atoms with Gasteiger partial charge in [0.1, 0.15) is 18.5 Å². The van der Waals surface area contributed by atoms with Gasteiger partial charge in [0.25, 0.3) is 5.69 Å². The number of carbonyl (C=O) groups excluding carboxylic acids is 2. The van der Waals surface area contributed by atoms with E-state index >= 15 is 0 Å². The minimum absolute atomic E-state index is 0.00460. The summed E-state index contributed by atoms with van der Waals surface area (Å²) in [5.74, 6) is -2.40. The molecular weight excluding hydrogens is 516 g/mol. The number of methoxy groups -OCH3 is 1. The van der Waals surface area contributed by atoms with Gasteiger partial charge < -0.3 is 25.3 Å². The summed E-state index contributed by atoms with van der Waals surface area (Å²) >= 11 is 0. The standard InChI is InChI=1S/C29H34N4O7/c1-19-24(28(34)39-15-14-38-2)25(21-10-6-11-22(16-21)33(36)37)26(27(30)31-19)29(35)40-23-12-7-13-32(18-23)17-20-8-4-3-5-9-20/h3-6,8-11,16,23,25,31H,7,12-15,17-18,30H2,1-2H3. The summed E-state index contributed by atoms with van der Waals surface area (Å²) in [4.78, 5) is 40.2. The molecule has 0 bridgehead atoms. The number of piperidine rings is 1. The Balaban J connectivity index is 1.61.